The van der Waals surface area contributed by atoms with Crippen molar-refractivity contribution in [3.05, 3.63) is 34.9 Å². The number of carbonyl (C=O) groups excluding carboxylic acids is 1. The van der Waals surface area contributed by atoms with Gasteiger partial charge in [-0.25, -0.2) is 8.78 Å². The molecule has 0 aliphatic rings. The lowest BCUT2D eigenvalue weighted by Crippen LogP contribution is -2.16. The fourth-order valence-corrected chi connectivity index (χ4v) is 1.37. The maximum absolute atomic E-state index is 13.4. The molecule has 0 spiro atoms. The highest BCUT2D eigenvalue weighted by atomic mass is 19.2. The van der Waals surface area contributed by atoms with Crippen molar-refractivity contribution in [2.24, 2.45) is 11.7 Å². The van der Waals surface area contributed by atoms with Crippen LogP contribution < -0.4 is 5.73 Å². The van der Waals surface area contributed by atoms with E-state index in [9.17, 15) is 13.6 Å². The molecule has 4 heteroatoms. The third-order valence-corrected chi connectivity index (χ3v) is 2.51. The van der Waals surface area contributed by atoms with Crippen LogP contribution in [0.4, 0.5) is 8.78 Å². The lowest BCUT2D eigenvalue weighted by Gasteiger charge is -2.08. The van der Waals surface area contributed by atoms with Crippen LogP contribution in [0, 0.1) is 24.5 Å². The van der Waals surface area contributed by atoms with Crippen molar-refractivity contribution in [1.82, 2.24) is 0 Å². The van der Waals surface area contributed by atoms with Crippen molar-refractivity contribution >= 4 is 5.78 Å². The fraction of sp³-hybridized carbons (Fsp3) is 0.417. The van der Waals surface area contributed by atoms with Crippen LogP contribution in [0.3, 0.4) is 0 Å². The van der Waals surface area contributed by atoms with E-state index in [2.05, 4.69) is 0 Å². The Bertz CT molecular complexity index is 404. The molecule has 1 aromatic carbocycles. The first-order valence-electron chi connectivity index (χ1n) is 5.15. The second kappa shape index (κ2) is 5.16. The minimum absolute atomic E-state index is 0.0312. The van der Waals surface area contributed by atoms with Crippen molar-refractivity contribution in [2.45, 2.75) is 20.3 Å². The Morgan fingerprint density at radius 2 is 2.00 bits per heavy atom. The topological polar surface area (TPSA) is 43.1 Å². The van der Waals surface area contributed by atoms with Gasteiger partial charge in [-0.05, 0) is 31.0 Å². The predicted octanol–water partition coefficient (Wildman–Crippen LogP) is 2.44. The number of Topliss-reactive ketones (excluding diaryl/α,β-unsaturated/α-hetero) is 1. The molecule has 2 N–H and O–H groups in total. The Morgan fingerprint density at radius 3 is 2.56 bits per heavy atom. The van der Waals surface area contributed by atoms with Crippen molar-refractivity contribution in [3.8, 4) is 0 Å². The second-order valence-corrected chi connectivity index (χ2v) is 4.03. The fourth-order valence-electron chi connectivity index (χ4n) is 1.37. The number of ketones is 1. The molecule has 0 saturated heterocycles. The quantitative estimate of drug-likeness (QED) is 0.803. The van der Waals surface area contributed by atoms with Crippen LogP contribution in [0.2, 0.25) is 0 Å². The normalized spacial score (nSPS) is 12.6. The van der Waals surface area contributed by atoms with Crippen LogP contribution in [-0.2, 0) is 0 Å². The number of hydrogen-bond acceptors (Lipinski definition) is 2. The first kappa shape index (κ1) is 12.8. The summed E-state index contributed by atoms with van der Waals surface area (Å²) >= 11 is 0. The number of hydrogen-bond donors (Lipinski definition) is 1. The summed E-state index contributed by atoms with van der Waals surface area (Å²) in [5.41, 5.74) is 5.37. The molecule has 0 amide bonds. The van der Waals surface area contributed by atoms with Crippen LogP contribution in [0.15, 0.2) is 12.1 Å². The van der Waals surface area contributed by atoms with Crippen LogP contribution in [0.5, 0.6) is 0 Å². The largest absolute Gasteiger partial charge is 0.330 e. The summed E-state index contributed by atoms with van der Waals surface area (Å²) in [5.74, 6) is -2.45. The maximum Gasteiger partial charge on any atom is 0.169 e. The van der Waals surface area contributed by atoms with E-state index in [0.29, 0.717) is 6.54 Å². The van der Waals surface area contributed by atoms with Crippen LogP contribution >= 0.6 is 0 Å². The van der Waals surface area contributed by atoms with Gasteiger partial charge in [-0.1, -0.05) is 13.0 Å². The SMILES string of the molecule is Cc1ccc(C(=O)CC(C)CN)c(F)c1F. The Labute approximate surface area is 93.5 Å². The van der Waals surface area contributed by atoms with Gasteiger partial charge in [0, 0.05) is 6.42 Å². The lowest BCUT2D eigenvalue weighted by atomic mass is 9.98. The molecule has 0 fully saturated rings. The van der Waals surface area contributed by atoms with E-state index in [-0.39, 0.29) is 23.5 Å². The lowest BCUT2D eigenvalue weighted by molar-refractivity contribution is 0.0961. The van der Waals surface area contributed by atoms with Gasteiger partial charge >= 0.3 is 0 Å². The zero-order valence-electron chi connectivity index (χ0n) is 9.39. The van der Waals surface area contributed by atoms with Crippen molar-refractivity contribution in [3.63, 3.8) is 0 Å². The molecule has 0 aliphatic heterocycles. The first-order chi connectivity index (χ1) is 7.47. The summed E-state index contributed by atoms with van der Waals surface area (Å²) in [6.07, 6.45) is 0.135. The minimum atomic E-state index is -1.06. The van der Waals surface area contributed by atoms with Gasteiger partial charge in [0.2, 0.25) is 0 Å². The van der Waals surface area contributed by atoms with E-state index in [1.807, 2.05) is 0 Å². The number of nitrogens with two attached hydrogens (primary N) is 1. The number of aryl methyl sites for hydroxylation is 1. The van der Waals surface area contributed by atoms with E-state index in [4.69, 9.17) is 5.73 Å². The van der Waals surface area contributed by atoms with E-state index in [1.165, 1.54) is 19.1 Å². The van der Waals surface area contributed by atoms with Crippen LogP contribution in [0.1, 0.15) is 29.3 Å². The van der Waals surface area contributed by atoms with Gasteiger partial charge in [0.1, 0.15) is 0 Å². The summed E-state index contributed by atoms with van der Waals surface area (Å²) in [4.78, 5) is 11.6. The van der Waals surface area contributed by atoms with E-state index < -0.39 is 17.4 Å². The third kappa shape index (κ3) is 2.64. The molecule has 1 rings (SSSR count). The summed E-state index contributed by atoms with van der Waals surface area (Å²) in [5, 5.41) is 0. The van der Waals surface area contributed by atoms with Crippen molar-refractivity contribution < 1.29 is 13.6 Å². The van der Waals surface area contributed by atoms with E-state index in [0.717, 1.165) is 0 Å². The molecule has 1 atom stereocenters. The molecule has 0 aromatic heterocycles. The standard InChI is InChI=1S/C12H15F2NO/c1-7(6-15)5-10(16)9-4-3-8(2)11(13)12(9)14/h3-4,7H,5-6,15H2,1-2H3. The van der Waals surface area contributed by atoms with Crippen molar-refractivity contribution in [2.75, 3.05) is 6.54 Å². The summed E-state index contributed by atoms with van der Waals surface area (Å²) in [7, 11) is 0. The highest BCUT2D eigenvalue weighted by Crippen LogP contribution is 2.18. The molecule has 1 aromatic rings. The van der Waals surface area contributed by atoms with Gasteiger partial charge in [-0.15, -0.1) is 0 Å². The number of carbonyl (C=O) groups is 1. The third-order valence-electron chi connectivity index (χ3n) is 2.51. The molecule has 0 saturated carbocycles. The Balaban J connectivity index is 2.97. The molecular weight excluding hydrogens is 212 g/mol. The first-order valence-corrected chi connectivity index (χ1v) is 5.15. The van der Waals surface area contributed by atoms with Gasteiger partial charge < -0.3 is 5.73 Å². The highest BCUT2D eigenvalue weighted by Gasteiger charge is 2.18. The smallest absolute Gasteiger partial charge is 0.169 e. The van der Waals surface area contributed by atoms with E-state index in [1.54, 1.807) is 6.92 Å². The molecule has 0 heterocycles. The Kier molecular flexibility index (Phi) is 4.12. The molecule has 2 nitrogen and oxygen atoms in total. The molecule has 16 heavy (non-hydrogen) atoms. The summed E-state index contributed by atoms with van der Waals surface area (Å²) in [6.45, 7) is 3.59. The molecular formula is C12H15F2NO. The zero-order valence-corrected chi connectivity index (χ0v) is 9.39. The van der Waals surface area contributed by atoms with Gasteiger partial charge in [0.05, 0.1) is 5.56 Å². The van der Waals surface area contributed by atoms with E-state index >= 15 is 0 Å². The summed E-state index contributed by atoms with van der Waals surface area (Å²) in [6, 6.07) is 2.72. The summed E-state index contributed by atoms with van der Waals surface area (Å²) < 4.78 is 26.7. The minimum Gasteiger partial charge on any atom is -0.330 e. The van der Waals surface area contributed by atoms with Gasteiger partial charge in [0.25, 0.3) is 0 Å². The Hall–Kier alpha value is -1.29. The van der Waals surface area contributed by atoms with Crippen LogP contribution in [0.25, 0.3) is 0 Å². The number of benzene rings is 1. The molecule has 1 unspecified atom stereocenters. The average molecular weight is 227 g/mol. The highest BCUT2D eigenvalue weighted by molar-refractivity contribution is 5.96. The van der Waals surface area contributed by atoms with Gasteiger partial charge in [-0.2, -0.15) is 0 Å². The molecule has 0 aliphatic carbocycles. The second-order valence-electron chi connectivity index (χ2n) is 4.03. The van der Waals surface area contributed by atoms with Crippen LogP contribution in [-0.4, -0.2) is 12.3 Å². The maximum atomic E-state index is 13.4. The molecule has 0 radical (unpaired) electrons. The monoisotopic (exact) mass is 227 g/mol. The Morgan fingerprint density at radius 1 is 1.38 bits per heavy atom. The average Bonchev–Trinajstić information content (AvgIpc) is 2.25. The number of rotatable bonds is 4. The number of halogens is 2. The van der Waals surface area contributed by atoms with Gasteiger partial charge in [0.15, 0.2) is 17.4 Å². The molecule has 0 bridgehead atoms. The zero-order chi connectivity index (χ0) is 12.3. The van der Waals surface area contributed by atoms with Gasteiger partial charge in [-0.3, -0.25) is 4.79 Å². The van der Waals surface area contributed by atoms with Crippen molar-refractivity contribution in [1.29, 1.82) is 0 Å². The predicted molar refractivity (Wildman–Crippen MR) is 58.3 cm³/mol. The molecule has 88 valence electrons.